The Hall–Kier alpha value is -3.59. The van der Waals surface area contributed by atoms with Crippen molar-refractivity contribution in [3.63, 3.8) is 0 Å². The zero-order valence-electron chi connectivity index (χ0n) is 15.9. The van der Waals surface area contributed by atoms with Crippen LogP contribution in [0.2, 0.25) is 0 Å². The van der Waals surface area contributed by atoms with E-state index >= 15 is 0 Å². The lowest BCUT2D eigenvalue weighted by Gasteiger charge is -2.32. The Balaban J connectivity index is 1.70. The predicted molar refractivity (Wildman–Crippen MR) is 103 cm³/mol. The van der Waals surface area contributed by atoms with Crippen LogP contribution in [0.25, 0.3) is 0 Å². The van der Waals surface area contributed by atoms with Gasteiger partial charge in [0, 0.05) is 28.5 Å². The molecule has 1 aliphatic heterocycles. The van der Waals surface area contributed by atoms with Crippen molar-refractivity contribution in [3.05, 3.63) is 94.8 Å². The maximum Gasteiger partial charge on any atom is 0.233 e. The largest absolute Gasteiger partial charge is 0.376 e. The molecule has 1 saturated heterocycles. The van der Waals surface area contributed by atoms with Gasteiger partial charge in [0.15, 0.2) is 5.60 Å². The Labute approximate surface area is 175 Å². The fourth-order valence-corrected chi connectivity index (χ4v) is 5.21. The lowest BCUT2D eigenvalue weighted by Crippen LogP contribution is -2.54. The average molecular weight is 414 g/mol. The Kier molecular flexibility index (Phi) is 3.26. The maximum absolute atomic E-state index is 13.6. The summed E-state index contributed by atoms with van der Waals surface area (Å²) >= 11 is 0. The summed E-state index contributed by atoms with van der Waals surface area (Å²) in [6, 6.07) is 15.1. The third kappa shape index (κ3) is 1.80. The van der Waals surface area contributed by atoms with E-state index in [0.717, 1.165) is 0 Å². The number of fused-ring (bicyclic) bond motifs is 4. The average Bonchev–Trinajstić information content (AvgIpc) is 3.22. The molecule has 0 unspecified atom stereocenters. The van der Waals surface area contributed by atoms with Crippen LogP contribution in [0.3, 0.4) is 0 Å². The molecule has 2 N–H and O–H groups in total. The molecule has 2 heterocycles. The van der Waals surface area contributed by atoms with Crippen molar-refractivity contribution >= 4 is 17.3 Å². The first-order chi connectivity index (χ1) is 14.9. The number of ether oxygens (including phenoxy) is 1. The molecule has 0 amide bonds. The smallest absolute Gasteiger partial charge is 0.233 e. The molecule has 8 nitrogen and oxygen atoms in total. The molecule has 3 aliphatic rings. The molecule has 8 heteroatoms. The van der Waals surface area contributed by atoms with Crippen LogP contribution in [0.5, 0.6) is 0 Å². The number of nitrogens with zero attached hydrogens (tertiary/aromatic N) is 2. The Bertz CT molecular complexity index is 1290. The van der Waals surface area contributed by atoms with Crippen LogP contribution >= 0.6 is 0 Å². The molecule has 2 aliphatic carbocycles. The van der Waals surface area contributed by atoms with Crippen LogP contribution in [-0.4, -0.2) is 49.0 Å². The number of hydrogen-bond acceptors (Lipinski definition) is 8. The molecule has 31 heavy (non-hydrogen) atoms. The first-order valence-electron chi connectivity index (χ1n) is 9.63. The molecular weight excluding hydrogens is 400 g/mol. The van der Waals surface area contributed by atoms with Gasteiger partial charge >= 0.3 is 0 Å². The van der Waals surface area contributed by atoms with Gasteiger partial charge in [-0.05, 0) is 12.1 Å². The minimum Gasteiger partial charge on any atom is -0.376 e. The number of rotatable bonds is 1. The number of hydrogen-bond donors (Lipinski definition) is 2. The van der Waals surface area contributed by atoms with E-state index in [4.69, 9.17) is 4.74 Å². The fraction of sp³-hybridized carbons (Fsp3) is 0.174. The van der Waals surface area contributed by atoms with Crippen LogP contribution in [0, 0.1) is 0 Å². The molecular formula is C23H14N2O6. The quantitative estimate of drug-likeness (QED) is 0.569. The van der Waals surface area contributed by atoms with Gasteiger partial charge in [0.25, 0.3) is 0 Å². The SMILES string of the molecule is O=C1c2ccccc2C(=O)C12O[C@@]1(O)c3ccccc3C(=O)[C@]1(O)[C@@H]2c1cccnn1. The lowest BCUT2D eigenvalue weighted by molar-refractivity contribution is -0.255. The molecule has 1 fully saturated rings. The topological polar surface area (TPSA) is 127 Å². The number of Topliss-reactive ketones (excluding diaryl/α,β-unsaturated/α-hetero) is 3. The number of ketones is 3. The van der Waals surface area contributed by atoms with Gasteiger partial charge in [-0.25, -0.2) is 0 Å². The molecule has 3 aromatic rings. The Morgan fingerprint density at radius 3 is 2.00 bits per heavy atom. The summed E-state index contributed by atoms with van der Waals surface area (Å²) < 4.78 is 5.91. The van der Waals surface area contributed by atoms with Gasteiger partial charge in [0.2, 0.25) is 28.7 Å². The summed E-state index contributed by atoms with van der Waals surface area (Å²) in [6.07, 6.45) is 1.38. The van der Waals surface area contributed by atoms with Crippen molar-refractivity contribution in [2.24, 2.45) is 0 Å². The highest BCUT2D eigenvalue weighted by Crippen LogP contribution is 2.64. The summed E-state index contributed by atoms with van der Waals surface area (Å²) in [5.74, 6) is -6.59. The van der Waals surface area contributed by atoms with E-state index in [2.05, 4.69) is 10.2 Å². The second kappa shape index (κ2) is 5.55. The number of aliphatic hydroxyl groups is 2. The lowest BCUT2D eigenvalue weighted by atomic mass is 9.70. The Morgan fingerprint density at radius 2 is 1.39 bits per heavy atom. The van der Waals surface area contributed by atoms with E-state index in [1.165, 1.54) is 42.6 Å². The summed E-state index contributed by atoms with van der Waals surface area (Å²) in [7, 11) is 0. The van der Waals surface area contributed by atoms with Crippen LogP contribution in [-0.2, 0) is 10.5 Å². The minimum atomic E-state index is -2.67. The molecule has 3 atom stereocenters. The van der Waals surface area contributed by atoms with Crippen LogP contribution in [0.4, 0.5) is 0 Å². The molecule has 2 aromatic carbocycles. The highest BCUT2D eigenvalue weighted by atomic mass is 16.7. The van der Waals surface area contributed by atoms with E-state index in [9.17, 15) is 24.6 Å². The molecule has 1 aromatic heterocycles. The molecule has 152 valence electrons. The molecule has 0 saturated carbocycles. The first-order valence-corrected chi connectivity index (χ1v) is 9.63. The Morgan fingerprint density at radius 1 is 0.774 bits per heavy atom. The van der Waals surface area contributed by atoms with Crippen molar-refractivity contribution < 1.29 is 29.3 Å². The summed E-state index contributed by atoms with van der Waals surface area (Å²) in [6.45, 7) is 0. The summed E-state index contributed by atoms with van der Waals surface area (Å²) in [5.41, 5.74) is -4.83. The highest BCUT2D eigenvalue weighted by Gasteiger charge is 2.83. The summed E-state index contributed by atoms with van der Waals surface area (Å²) in [5, 5.41) is 31.3. The third-order valence-corrected chi connectivity index (χ3v) is 6.51. The van der Waals surface area contributed by atoms with Crippen LogP contribution < -0.4 is 0 Å². The van der Waals surface area contributed by atoms with Crippen molar-refractivity contribution in [1.82, 2.24) is 10.2 Å². The van der Waals surface area contributed by atoms with Gasteiger partial charge in [-0.3, -0.25) is 14.4 Å². The first kappa shape index (κ1) is 18.2. The van der Waals surface area contributed by atoms with Gasteiger partial charge in [0.05, 0.1) is 11.6 Å². The monoisotopic (exact) mass is 414 g/mol. The van der Waals surface area contributed by atoms with Gasteiger partial charge in [-0.2, -0.15) is 10.2 Å². The third-order valence-electron chi connectivity index (χ3n) is 6.51. The van der Waals surface area contributed by atoms with Gasteiger partial charge in [0.1, 0.15) is 0 Å². The van der Waals surface area contributed by atoms with Gasteiger partial charge < -0.3 is 14.9 Å². The van der Waals surface area contributed by atoms with Crippen molar-refractivity contribution in [3.8, 4) is 0 Å². The zero-order valence-corrected chi connectivity index (χ0v) is 15.9. The second-order valence-corrected chi connectivity index (χ2v) is 7.91. The molecule has 6 rings (SSSR count). The van der Waals surface area contributed by atoms with Crippen molar-refractivity contribution in [2.45, 2.75) is 22.9 Å². The number of carbonyl (C=O) groups excluding carboxylic acids is 3. The van der Waals surface area contributed by atoms with E-state index in [0.29, 0.717) is 0 Å². The predicted octanol–water partition coefficient (Wildman–Crippen LogP) is 1.18. The van der Waals surface area contributed by atoms with Gasteiger partial charge in [-0.1, -0.05) is 48.5 Å². The van der Waals surface area contributed by atoms with Crippen LogP contribution in [0.1, 0.15) is 48.2 Å². The highest BCUT2D eigenvalue weighted by molar-refractivity contribution is 6.34. The van der Waals surface area contributed by atoms with Crippen LogP contribution in [0.15, 0.2) is 66.9 Å². The fourth-order valence-electron chi connectivity index (χ4n) is 5.21. The number of aromatic nitrogens is 2. The number of benzene rings is 2. The normalized spacial score (nSPS) is 29.9. The number of carbonyl (C=O) groups is 3. The molecule has 1 spiro atoms. The van der Waals surface area contributed by atoms with E-state index in [1.54, 1.807) is 24.3 Å². The van der Waals surface area contributed by atoms with E-state index in [1.807, 2.05) is 0 Å². The van der Waals surface area contributed by atoms with E-state index in [-0.39, 0.29) is 27.9 Å². The molecule has 0 radical (unpaired) electrons. The second-order valence-electron chi connectivity index (χ2n) is 7.91. The molecule has 0 bridgehead atoms. The zero-order chi connectivity index (χ0) is 21.6. The minimum absolute atomic E-state index is 0.00942. The standard InChI is InChI=1S/C23H14N2O6/c26-18-12-6-1-2-7-13(12)19(27)21(18)17(16-10-5-11-24-25-16)22(29)20(28)14-8-3-4-9-15(14)23(22,30)31-21/h1-11,17,29-30H/t17-,22-,23+/m1/s1. The van der Waals surface area contributed by atoms with Crippen molar-refractivity contribution in [2.75, 3.05) is 0 Å². The maximum atomic E-state index is 13.6. The van der Waals surface area contributed by atoms with Crippen molar-refractivity contribution in [1.29, 1.82) is 0 Å². The summed E-state index contributed by atoms with van der Waals surface area (Å²) in [4.78, 5) is 40.7. The van der Waals surface area contributed by atoms with Gasteiger partial charge in [-0.15, -0.1) is 0 Å². The van der Waals surface area contributed by atoms with E-state index < -0.39 is 40.3 Å².